The molecule has 0 aromatic carbocycles. The molecule has 0 radical (unpaired) electrons. The van der Waals surface area contributed by atoms with Crippen molar-refractivity contribution in [3.05, 3.63) is 0 Å². The zero-order valence-electron chi connectivity index (χ0n) is 7.52. The molecular weight excluding hydrogens is 252 g/mol. The smallest absolute Gasteiger partial charge is 0.407 e. The molecule has 2 aliphatic rings. The van der Waals surface area contributed by atoms with E-state index in [0.29, 0.717) is 13.1 Å². The molecular formula is C8H11BrN2O3. The molecule has 0 aromatic heterocycles. The summed E-state index contributed by atoms with van der Waals surface area (Å²) in [4.78, 5) is 17.3. The molecule has 0 aromatic rings. The van der Waals surface area contributed by atoms with Crippen molar-refractivity contribution in [3.8, 4) is 0 Å². The summed E-state index contributed by atoms with van der Waals surface area (Å²) in [6.07, 6.45) is 0.837. The molecule has 6 heteroatoms. The fourth-order valence-electron chi connectivity index (χ4n) is 1.88. The first-order valence-electron chi connectivity index (χ1n) is 4.53. The number of halogens is 1. The van der Waals surface area contributed by atoms with E-state index in [4.69, 9.17) is 9.94 Å². The largest absolute Gasteiger partial charge is 0.465 e. The third-order valence-corrected chi connectivity index (χ3v) is 3.15. The van der Waals surface area contributed by atoms with Gasteiger partial charge in [0.2, 0.25) is 0 Å². The molecule has 0 spiro atoms. The van der Waals surface area contributed by atoms with Crippen LogP contribution < -0.4 is 0 Å². The molecule has 1 N–H and O–H groups in total. The standard InChI is InChI=1S/C8H11BrN2O3/c9-7-3-6(14-10-7)5-1-2-11(4-5)8(12)13/h5-6H,1-4H2,(H,12,13)/t5-,6?/m1/s1. The number of likely N-dealkylation sites (tertiary alicyclic amines) is 1. The highest BCUT2D eigenvalue weighted by Crippen LogP contribution is 2.28. The van der Waals surface area contributed by atoms with Gasteiger partial charge in [-0.3, -0.25) is 0 Å². The number of hydrogen-bond acceptors (Lipinski definition) is 3. The summed E-state index contributed by atoms with van der Waals surface area (Å²) in [6, 6.07) is 0. The average Bonchev–Trinajstić information content (AvgIpc) is 2.70. The Hall–Kier alpha value is -0.780. The van der Waals surface area contributed by atoms with E-state index in [9.17, 15) is 4.79 Å². The molecule has 14 heavy (non-hydrogen) atoms. The Morgan fingerprint density at radius 2 is 2.50 bits per heavy atom. The van der Waals surface area contributed by atoms with Gasteiger partial charge in [-0.25, -0.2) is 4.79 Å². The van der Waals surface area contributed by atoms with E-state index in [1.807, 2.05) is 0 Å². The van der Waals surface area contributed by atoms with Gasteiger partial charge in [0.1, 0.15) is 10.7 Å². The van der Waals surface area contributed by atoms with Gasteiger partial charge in [-0.1, -0.05) is 5.16 Å². The van der Waals surface area contributed by atoms with Crippen molar-refractivity contribution < 1.29 is 14.7 Å². The van der Waals surface area contributed by atoms with E-state index in [-0.39, 0.29) is 12.0 Å². The highest BCUT2D eigenvalue weighted by atomic mass is 79.9. The van der Waals surface area contributed by atoms with Gasteiger partial charge in [-0.15, -0.1) is 0 Å². The van der Waals surface area contributed by atoms with Crippen molar-refractivity contribution in [2.45, 2.75) is 18.9 Å². The Bertz CT molecular complexity index is 282. The van der Waals surface area contributed by atoms with E-state index < -0.39 is 6.09 Å². The van der Waals surface area contributed by atoms with Gasteiger partial charge in [0.05, 0.1) is 0 Å². The lowest BCUT2D eigenvalue weighted by Gasteiger charge is -2.16. The molecule has 5 nitrogen and oxygen atoms in total. The van der Waals surface area contributed by atoms with Crippen LogP contribution in [0.5, 0.6) is 0 Å². The van der Waals surface area contributed by atoms with Crippen molar-refractivity contribution >= 4 is 26.6 Å². The second-order valence-electron chi connectivity index (χ2n) is 3.59. The van der Waals surface area contributed by atoms with Crippen LogP contribution >= 0.6 is 15.9 Å². The second kappa shape index (κ2) is 3.76. The molecule has 2 aliphatic heterocycles. The Labute approximate surface area is 89.8 Å². The zero-order valence-corrected chi connectivity index (χ0v) is 9.11. The van der Waals surface area contributed by atoms with Crippen LogP contribution in [0.2, 0.25) is 0 Å². The fraction of sp³-hybridized carbons (Fsp3) is 0.750. The van der Waals surface area contributed by atoms with Gasteiger partial charge in [-0.2, -0.15) is 0 Å². The second-order valence-corrected chi connectivity index (χ2v) is 4.51. The first-order valence-corrected chi connectivity index (χ1v) is 5.32. The minimum atomic E-state index is -0.842. The van der Waals surface area contributed by atoms with E-state index in [0.717, 1.165) is 17.5 Å². The minimum absolute atomic E-state index is 0.0497. The molecule has 2 heterocycles. The Morgan fingerprint density at radius 1 is 1.71 bits per heavy atom. The molecule has 1 saturated heterocycles. The summed E-state index contributed by atoms with van der Waals surface area (Å²) in [5.41, 5.74) is 0. The van der Waals surface area contributed by atoms with Gasteiger partial charge in [0.15, 0.2) is 0 Å². The van der Waals surface area contributed by atoms with Crippen LogP contribution in [0.1, 0.15) is 12.8 Å². The number of oxime groups is 1. The quantitative estimate of drug-likeness (QED) is 0.779. The predicted molar refractivity (Wildman–Crippen MR) is 53.6 cm³/mol. The summed E-state index contributed by atoms with van der Waals surface area (Å²) < 4.78 is 0.816. The lowest BCUT2D eigenvalue weighted by atomic mass is 10.00. The molecule has 0 aliphatic carbocycles. The SMILES string of the molecule is O=C(O)N1CC[C@@H](C2CC(Br)=NO2)C1. The molecule has 0 saturated carbocycles. The molecule has 1 fully saturated rings. The number of nitrogens with zero attached hydrogens (tertiary/aromatic N) is 2. The van der Waals surface area contributed by atoms with Gasteiger partial charge in [0, 0.05) is 25.4 Å². The topological polar surface area (TPSA) is 62.1 Å². The summed E-state index contributed by atoms with van der Waals surface area (Å²) in [5, 5.41) is 12.6. The Balaban J connectivity index is 1.87. The van der Waals surface area contributed by atoms with Crippen LogP contribution in [0.25, 0.3) is 0 Å². The third kappa shape index (κ3) is 1.84. The maximum absolute atomic E-state index is 10.7. The molecule has 0 bridgehead atoms. The summed E-state index contributed by atoms with van der Waals surface area (Å²) >= 11 is 3.26. The summed E-state index contributed by atoms with van der Waals surface area (Å²) in [7, 11) is 0. The first-order chi connectivity index (χ1) is 6.66. The molecule has 2 rings (SSSR count). The number of rotatable bonds is 1. The monoisotopic (exact) mass is 262 g/mol. The van der Waals surface area contributed by atoms with E-state index in [2.05, 4.69) is 21.1 Å². The van der Waals surface area contributed by atoms with Gasteiger partial charge in [-0.05, 0) is 22.4 Å². The highest BCUT2D eigenvalue weighted by Gasteiger charge is 2.35. The van der Waals surface area contributed by atoms with E-state index in [1.54, 1.807) is 0 Å². The zero-order chi connectivity index (χ0) is 10.1. The van der Waals surface area contributed by atoms with Crippen molar-refractivity contribution in [2.24, 2.45) is 11.1 Å². The molecule has 1 unspecified atom stereocenters. The van der Waals surface area contributed by atoms with Crippen LogP contribution in [0.4, 0.5) is 4.79 Å². The summed E-state index contributed by atoms with van der Waals surface area (Å²) in [6.45, 7) is 1.17. The number of carboxylic acid groups (broad SMARTS) is 1. The normalized spacial score (nSPS) is 31.5. The van der Waals surface area contributed by atoms with Crippen molar-refractivity contribution in [2.75, 3.05) is 13.1 Å². The van der Waals surface area contributed by atoms with Crippen LogP contribution in [0.3, 0.4) is 0 Å². The van der Waals surface area contributed by atoms with Crippen LogP contribution in [-0.2, 0) is 4.84 Å². The maximum Gasteiger partial charge on any atom is 0.407 e. The first kappa shape index (κ1) is 9.76. The fourth-order valence-corrected chi connectivity index (χ4v) is 2.29. The van der Waals surface area contributed by atoms with E-state index in [1.165, 1.54) is 4.90 Å². The van der Waals surface area contributed by atoms with Gasteiger partial charge in [0.25, 0.3) is 0 Å². The van der Waals surface area contributed by atoms with Crippen LogP contribution in [-0.4, -0.2) is 39.9 Å². The van der Waals surface area contributed by atoms with Gasteiger partial charge >= 0.3 is 6.09 Å². The van der Waals surface area contributed by atoms with Gasteiger partial charge < -0.3 is 14.8 Å². The Morgan fingerprint density at radius 3 is 3.00 bits per heavy atom. The van der Waals surface area contributed by atoms with Crippen LogP contribution in [0, 0.1) is 5.92 Å². The molecule has 2 atom stereocenters. The van der Waals surface area contributed by atoms with E-state index >= 15 is 0 Å². The number of amides is 1. The highest BCUT2D eigenvalue weighted by molar-refractivity contribution is 9.18. The lowest BCUT2D eigenvalue weighted by molar-refractivity contribution is 0.0432. The van der Waals surface area contributed by atoms with Crippen molar-refractivity contribution in [1.82, 2.24) is 4.90 Å². The number of hydrogen-bond donors (Lipinski definition) is 1. The van der Waals surface area contributed by atoms with Crippen LogP contribution in [0.15, 0.2) is 5.16 Å². The summed E-state index contributed by atoms with van der Waals surface area (Å²) in [5.74, 6) is 0.282. The average molecular weight is 263 g/mol. The van der Waals surface area contributed by atoms with Crippen molar-refractivity contribution in [3.63, 3.8) is 0 Å². The minimum Gasteiger partial charge on any atom is -0.465 e. The third-order valence-electron chi connectivity index (χ3n) is 2.68. The lowest BCUT2D eigenvalue weighted by Crippen LogP contribution is -2.29. The number of carbonyl (C=O) groups is 1. The molecule has 1 amide bonds. The maximum atomic E-state index is 10.7. The molecule has 78 valence electrons. The van der Waals surface area contributed by atoms with Crippen molar-refractivity contribution in [1.29, 1.82) is 0 Å². The Kier molecular flexibility index (Phi) is 2.62. The predicted octanol–water partition coefficient (Wildman–Crippen LogP) is 1.48.